The zero-order chi connectivity index (χ0) is 21.7. The van der Waals surface area contributed by atoms with Crippen LogP contribution in [0.5, 0.6) is 11.5 Å². The van der Waals surface area contributed by atoms with Crippen LogP contribution in [-0.2, 0) is 16.0 Å². The quantitative estimate of drug-likeness (QED) is 0.534. The maximum absolute atomic E-state index is 12.9. The van der Waals surface area contributed by atoms with Gasteiger partial charge < -0.3 is 14.6 Å². The predicted octanol–water partition coefficient (Wildman–Crippen LogP) is 3.69. The second-order valence-corrected chi connectivity index (χ2v) is 6.58. The van der Waals surface area contributed by atoms with Crippen molar-refractivity contribution in [1.29, 1.82) is 0 Å². The Morgan fingerprint density at radius 2 is 2.00 bits per heavy atom. The number of carboxylic acid groups (broad SMARTS) is 1. The number of amides is 1. The van der Waals surface area contributed by atoms with Crippen LogP contribution in [0.25, 0.3) is 6.08 Å². The van der Waals surface area contributed by atoms with Crippen molar-refractivity contribution in [1.82, 2.24) is 0 Å². The average molecular weight is 406 g/mol. The van der Waals surface area contributed by atoms with Gasteiger partial charge in [-0.2, -0.15) is 10.1 Å². The van der Waals surface area contributed by atoms with E-state index in [1.807, 2.05) is 36.4 Å². The molecule has 0 radical (unpaired) electrons. The molecule has 1 aliphatic rings. The van der Waals surface area contributed by atoms with Gasteiger partial charge >= 0.3 is 5.97 Å². The van der Waals surface area contributed by atoms with Crippen molar-refractivity contribution >= 4 is 29.4 Å². The summed E-state index contributed by atoms with van der Waals surface area (Å²) < 4.78 is 10.8. The average Bonchev–Trinajstić information content (AvgIpc) is 3.01. The number of carbonyl (C=O) groups excluding carboxylic acids is 1. The van der Waals surface area contributed by atoms with E-state index in [1.165, 1.54) is 12.1 Å². The Bertz CT molecular complexity index is 1040. The number of hydrazone groups is 1. The number of anilines is 1. The van der Waals surface area contributed by atoms with Gasteiger partial charge in [0, 0.05) is 5.56 Å². The Morgan fingerprint density at radius 3 is 2.63 bits per heavy atom. The molecule has 2 aromatic carbocycles. The summed E-state index contributed by atoms with van der Waals surface area (Å²) in [5.41, 5.74) is 3.16. The van der Waals surface area contributed by atoms with Gasteiger partial charge in [0.05, 0.1) is 24.1 Å². The van der Waals surface area contributed by atoms with Gasteiger partial charge in [-0.05, 0) is 49.2 Å². The molecule has 0 fully saturated rings. The molecular weight excluding hydrogens is 384 g/mol. The second-order valence-electron chi connectivity index (χ2n) is 6.58. The molecule has 1 aliphatic heterocycles. The predicted molar refractivity (Wildman–Crippen MR) is 115 cm³/mol. The SMILES string of the molecule is C=CCc1cc(/C=C2\C(=O)N(c3ccccc3)N=C2C)cc(OC)c1OCC(=O)O. The first-order valence-electron chi connectivity index (χ1n) is 9.27. The lowest BCUT2D eigenvalue weighted by atomic mass is 10.0. The van der Waals surface area contributed by atoms with Crippen LogP contribution in [0.15, 0.2) is 65.8 Å². The number of methoxy groups -OCH3 is 1. The molecule has 154 valence electrons. The van der Waals surface area contributed by atoms with E-state index >= 15 is 0 Å². The molecule has 0 unspecified atom stereocenters. The molecular formula is C23H22N2O5. The fourth-order valence-corrected chi connectivity index (χ4v) is 3.12. The van der Waals surface area contributed by atoms with Crippen molar-refractivity contribution in [3.05, 3.63) is 71.8 Å². The van der Waals surface area contributed by atoms with E-state index < -0.39 is 12.6 Å². The van der Waals surface area contributed by atoms with Crippen LogP contribution in [0.4, 0.5) is 5.69 Å². The van der Waals surface area contributed by atoms with E-state index in [0.717, 1.165) is 0 Å². The third-order valence-corrected chi connectivity index (χ3v) is 4.45. The lowest BCUT2D eigenvalue weighted by Gasteiger charge is -2.15. The van der Waals surface area contributed by atoms with Crippen LogP contribution < -0.4 is 14.5 Å². The van der Waals surface area contributed by atoms with Crippen LogP contribution in [0.1, 0.15) is 18.1 Å². The second kappa shape index (κ2) is 9.09. The van der Waals surface area contributed by atoms with Crippen LogP contribution in [0.3, 0.4) is 0 Å². The first kappa shape index (κ1) is 20.9. The zero-order valence-electron chi connectivity index (χ0n) is 16.8. The molecule has 2 aromatic rings. The lowest BCUT2D eigenvalue weighted by Crippen LogP contribution is -2.21. The van der Waals surface area contributed by atoms with E-state index in [2.05, 4.69) is 11.7 Å². The van der Waals surface area contributed by atoms with Gasteiger partial charge in [-0.3, -0.25) is 4.79 Å². The first-order chi connectivity index (χ1) is 14.4. The van der Waals surface area contributed by atoms with E-state index in [9.17, 15) is 9.59 Å². The van der Waals surface area contributed by atoms with Crippen LogP contribution in [-0.4, -0.2) is 36.4 Å². The van der Waals surface area contributed by atoms with Crippen molar-refractivity contribution in [3.8, 4) is 11.5 Å². The maximum atomic E-state index is 12.9. The highest BCUT2D eigenvalue weighted by molar-refractivity contribution is 6.32. The molecule has 1 amide bonds. The molecule has 7 nitrogen and oxygen atoms in total. The Balaban J connectivity index is 1.99. The zero-order valence-corrected chi connectivity index (χ0v) is 16.8. The fraction of sp³-hybridized carbons (Fsp3) is 0.174. The number of benzene rings is 2. The largest absolute Gasteiger partial charge is 0.493 e. The summed E-state index contributed by atoms with van der Waals surface area (Å²) in [5.74, 6) is -0.593. The number of hydrogen-bond donors (Lipinski definition) is 1. The normalized spacial score (nSPS) is 14.6. The van der Waals surface area contributed by atoms with Gasteiger partial charge in [-0.1, -0.05) is 24.3 Å². The minimum Gasteiger partial charge on any atom is -0.493 e. The summed E-state index contributed by atoms with van der Waals surface area (Å²) in [7, 11) is 1.47. The molecule has 0 atom stereocenters. The van der Waals surface area contributed by atoms with Gasteiger partial charge in [0.2, 0.25) is 0 Å². The molecule has 3 rings (SSSR count). The molecule has 30 heavy (non-hydrogen) atoms. The summed E-state index contributed by atoms with van der Waals surface area (Å²) in [6, 6.07) is 12.7. The molecule has 0 saturated carbocycles. The third kappa shape index (κ3) is 4.41. The van der Waals surface area contributed by atoms with Crippen molar-refractivity contribution < 1.29 is 24.2 Å². The Kier molecular flexibility index (Phi) is 6.32. The summed E-state index contributed by atoms with van der Waals surface area (Å²) in [4.78, 5) is 23.8. The Hall–Kier alpha value is -3.87. The Morgan fingerprint density at radius 1 is 1.27 bits per heavy atom. The van der Waals surface area contributed by atoms with Crippen LogP contribution >= 0.6 is 0 Å². The summed E-state index contributed by atoms with van der Waals surface area (Å²) in [6.45, 7) is 5.03. The van der Waals surface area contributed by atoms with E-state index in [-0.39, 0.29) is 5.91 Å². The molecule has 7 heteroatoms. The smallest absolute Gasteiger partial charge is 0.341 e. The highest BCUT2D eigenvalue weighted by atomic mass is 16.5. The van der Waals surface area contributed by atoms with Crippen molar-refractivity contribution in [2.45, 2.75) is 13.3 Å². The topological polar surface area (TPSA) is 88.4 Å². The first-order valence-corrected chi connectivity index (χ1v) is 9.27. The van der Waals surface area contributed by atoms with E-state index in [0.29, 0.717) is 46.0 Å². The summed E-state index contributed by atoms with van der Waals surface area (Å²) in [6.07, 6.45) is 3.86. The monoisotopic (exact) mass is 406 g/mol. The lowest BCUT2D eigenvalue weighted by molar-refractivity contribution is -0.139. The number of ether oxygens (including phenoxy) is 2. The molecule has 0 aliphatic carbocycles. The highest BCUT2D eigenvalue weighted by Gasteiger charge is 2.28. The van der Waals surface area contributed by atoms with Crippen LogP contribution in [0, 0.1) is 0 Å². The number of hydrogen-bond acceptors (Lipinski definition) is 5. The van der Waals surface area contributed by atoms with E-state index in [1.54, 1.807) is 25.1 Å². The van der Waals surface area contributed by atoms with Gasteiger partial charge in [-0.25, -0.2) is 4.79 Å². The van der Waals surface area contributed by atoms with Crippen molar-refractivity contribution in [3.63, 3.8) is 0 Å². The van der Waals surface area contributed by atoms with Gasteiger partial charge in [0.25, 0.3) is 5.91 Å². The Labute approximate surface area is 174 Å². The van der Waals surface area contributed by atoms with Crippen molar-refractivity contribution in [2.75, 3.05) is 18.7 Å². The number of nitrogens with zero attached hydrogens (tertiary/aromatic N) is 2. The molecule has 1 N–H and O–H groups in total. The molecule has 0 aromatic heterocycles. The number of para-hydroxylation sites is 1. The standard InChI is InChI=1S/C23H22N2O5/c1-4-8-17-11-16(13-20(29-3)22(17)30-14-21(26)27)12-19-15(2)24-25(23(19)28)18-9-6-5-7-10-18/h4-7,9-13H,1,8,14H2,2-3H3,(H,26,27)/b19-12-. The summed E-state index contributed by atoms with van der Waals surface area (Å²) >= 11 is 0. The molecule has 0 bridgehead atoms. The van der Waals surface area contributed by atoms with E-state index in [4.69, 9.17) is 14.6 Å². The summed E-state index contributed by atoms with van der Waals surface area (Å²) in [5, 5.41) is 14.7. The minimum atomic E-state index is -1.09. The number of carbonyl (C=O) groups is 2. The number of allylic oxidation sites excluding steroid dienone is 1. The fourth-order valence-electron chi connectivity index (χ4n) is 3.12. The highest BCUT2D eigenvalue weighted by Crippen LogP contribution is 2.35. The minimum absolute atomic E-state index is 0.228. The number of rotatable bonds is 8. The maximum Gasteiger partial charge on any atom is 0.341 e. The third-order valence-electron chi connectivity index (χ3n) is 4.45. The van der Waals surface area contributed by atoms with Gasteiger partial charge in [-0.15, -0.1) is 6.58 Å². The van der Waals surface area contributed by atoms with Crippen LogP contribution in [0.2, 0.25) is 0 Å². The molecule has 0 saturated heterocycles. The van der Waals surface area contributed by atoms with Gasteiger partial charge in [0.1, 0.15) is 0 Å². The molecule has 1 heterocycles. The number of carboxylic acids is 1. The van der Waals surface area contributed by atoms with Crippen molar-refractivity contribution in [2.24, 2.45) is 5.10 Å². The number of aliphatic carboxylic acids is 1. The van der Waals surface area contributed by atoms with Gasteiger partial charge in [0.15, 0.2) is 18.1 Å². The molecule has 0 spiro atoms.